The van der Waals surface area contributed by atoms with E-state index < -0.39 is 16.0 Å². The number of sulfonamides is 1. The number of hydrogen-bond donors (Lipinski definition) is 1. The van der Waals surface area contributed by atoms with E-state index in [-0.39, 0.29) is 12.2 Å². The van der Waals surface area contributed by atoms with Crippen LogP contribution in [0.2, 0.25) is 0 Å². The molecule has 0 aliphatic heterocycles. The predicted molar refractivity (Wildman–Crippen MR) is 39.0 cm³/mol. The quantitative estimate of drug-likeness (QED) is 0.609. The first-order valence-electron chi connectivity index (χ1n) is 3.21. The van der Waals surface area contributed by atoms with Crippen molar-refractivity contribution < 1.29 is 18.0 Å². The Morgan fingerprint density at radius 1 is 1.45 bits per heavy atom. The summed E-state index contributed by atoms with van der Waals surface area (Å²) < 4.78 is 21.3. The molecule has 0 spiro atoms. The molecule has 0 unspecified atom stereocenters. The van der Waals surface area contributed by atoms with Gasteiger partial charge >= 0.3 is 5.97 Å². The average molecular weight is 181 g/mol. The zero-order valence-electron chi connectivity index (χ0n) is 6.46. The second-order valence-electron chi connectivity index (χ2n) is 1.81. The van der Waals surface area contributed by atoms with Gasteiger partial charge in [-0.3, -0.25) is 4.79 Å². The van der Waals surface area contributed by atoms with Crippen LogP contribution in [0.4, 0.5) is 0 Å². The molecule has 0 aliphatic rings. The fourth-order valence-electron chi connectivity index (χ4n) is 0.241. The lowest BCUT2D eigenvalue weighted by atomic mass is 10.5. The summed E-state index contributed by atoms with van der Waals surface area (Å²) in [5.41, 5.74) is 0. The number of nitrogens with one attached hydrogen (secondary N) is 1. The molecular formula is C5H11NO4S. The van der Waals surface area contributed by atoms with Gasteiger partial charge in [0.15, 0.2) is 0 Å². The van der Waals surface area contributed by atoms with Crippen molar-refractivity contribution in [2.45, 2.75) is 20.3 Å². The Morgan fingerprint density at radius 2 is 2.00 bits per heavy atom. The Bertz CT molecular complexity index is 221. The van der Waals surface area contributed by atoms with E-state index in [4.69, 9.17) is 0 Å². The normalized spacial score (nSPS) is 11.1. The van der Waals surface area contributed by atoms with E-state index >= 15 is 0 Å². The maximum atomic E-state index is 10.6. The highest BCUT2D eigenvalue weighted by molar-refractivity contribution is 7.89. The van der Waals surface area contributed by atoms with Gasteiger partial charge in [0.2, 0.25) is 10.0 Å². The zero-order valence-corrected chi connectivity index (χ0v) is 7.27. The third-order valence-corrected chi connectivity index (χ3v) is 2.05. The number of carbonyl (C=O) groups excluding carboxylic acids is 1. The number of hydrogen-bond acceptors (Lipinski definition) is 4. The summed E-state index contributed by atoms with van der Waals surface area (Å²) in [5, 5.41) is 0. The van der Waals surface area contributed by atoms with Crippen molar-refractivity contribution in [1.29, 1.82) is 0 Å². The topological polar surface area (TPSA) is 72.5 Å². The molecule has 0 saturated carbocycles. The van der Waals surface area contributed by atoms with Crippen LogP contribution < -0.4 is 4.89 Å². The Labute approximate surface area is 65.7 Å². The van der Waals surface area contributed by atoms with Gasteiger partial charge in [0, 0.05) is 6.42 Å². The minimum Gasteiger partial charge on any atom is -0.356 e. The molecule has 0 aromatic carbocycles. The summed E-state index contributed by atoms with van der Waals surface area (Å²) in [7, 11) is -3.42. The Kier molecular flexibility index (Phi) is 4.06. The monoisotopic (exact) mass is 181 g/mol. The Hall–Kier alpha value is -0.620. The summed E-state index contributed by atoms with van der Waals surface area (Å²) in [5.74, 6) is -0.702. The molecule has 0 amide bonds. The maximum absolute atomic E-state index is 10.6. The standard InChI is InChI=1S/C5H11NO4S/c1-3-5(7)10-6-11(8,9)4-2/h6H,3-4H2,1-2H3. The number of rotatable bonds is 4. The first-order chi connectivity index (χ1) is 5.02. The van der Waals surface area contributed by atoms with Gasteiger partial charge in [-0.05, 0) is 11.8 Å². The van der Waals surface area contributed by atoms with E-state index in [2.05, 4.69) is 4.84 Å². The third-order valence-electron chi connectivity index (χ3n) is 0.951. The van der Waals surface area contributed by atoms with Crippen LogP contribution >= 0.6 is 0 Å². The van der Waals surface area contributed by atoms with Crippen LogP contribution in [0.3, 0.4) is 0 Å². The molecule has 11 heavy (non-hydrogen) atoms. The molecule has 0 rings (SSSR count). The van der Waals surface area contributed by atoms with E-state index in [1.54, 1.807) is 11.8 Å². The predicted octanol–water partition coefficient (Wildman–Crippen LogP) is -0.206. The molecule has 0 heterocycles. The van der Waals surface area contributed by atoms with Gasteiger partial charge in [0.05, 0.1) is 5.75 Å². The first-order valence-corrected chi connectivity index (χ1v) is 4.86. The second-order valence-corrected chi connectivity index (χ2v) is 3.79. The molecule has 0 aromatic heterocycles. The zero-order chi connectivity index (χ0) is 8.91. The number of carbonyl (C=O) groups is 1. The molecule has 5 nitrogen and oxygen atoms in total. The summed E-state index contributed by atoms with van der Waals surface area (Å²) in [6.45, 7) is 3.02. The maximum Gasteiger partial charge on any atom is 0.325 e. The van der Waals surface area contributed by atoms with Crippen LogP contribution in [0.25, 0.3) is 0 Å². The van der Waals surface area contributed by atoms with Crippen LogP contribution in [0.1, 0.15) is 20.3 Å². The lowest BCUT2D eigenvalue weighted by Gasteiger charge is -2.02. The largest absolute Gasteiger partial charge is 0.356 e. The van der Waals surface area contributed by atoms with E-state index in [0.717, 1.165) is 0 Å². The molecule has 0 bridgehead atoms. The second kappa shape index (κ2) is 4.30. The minimum absolute atomic E-state index is 0.107. The molecule has 1 N–H and O–H groups in total. The van der Waals surface area contributed by atoms with Crippen molar-refractivity contribution in [2.24, 2.45) is 0 Å². The summed E-state index contributed by atoms with van der Waals surface area (Å²) in [6.07, 6.45) is 0.145. The fourth-order valence-corrected chi connectivity index (χ4v) is 0.579. The van der Waals surface area contributed by atoms with Crippen molar-refractivity contribution in [3.63, 3.8) is 0 Å². The van der Waals surface area contributed by atoms with Gasteiger partial charge in [-0.2, -0.15) is 0 Å². The van der Waals surface area contributed by atoms with Crippen LogP contribution in [0, 0.1) is 0 Å². The van der Waals surface area contributed by atoms with Gasteiger partial charge < -0.3 is 4.84 Å². The van der Waals surface area contributed by atoms with Crippen molar-refractivity contribution in [1.82, 2.24) is 4.89 Å². The van der Waals surface area contributed by atoms with Gasteiger partial charge in [-0.15, -0.1) is 0 Å². The fraction of sp³-hybridized carbons (Fsp3) is 0.800. The van der Waals surface area contributed by atoms with Crippen molar-refractivity contribution in [3.05, 3.63) is 0 Å². The molecule has 0 radical (unpaired) electrons. The van der Waals surface area contributed by atoms with Gasteiger partial charge in [0.25, 0.3) is 0 Å². The molecule has 66 valence electrons. The lowest BCUT2D eigenvalue weighted by molar-refractivity contribution is -0.146. The van der Waals surface area contributed by atoms with Crippen LogP contribution in [0.5, 0.6) is 0 Å². The molecular weight excluding hydrogens is 170 g/mol. The minimum atomic E-state index is -3.42. The smallest absolute Gasteiger partial charge is 0.325 e. The molecule has 0 atom stereocenters. The van der Waals surface area contributed by atoms with Crippen molar-refractivity contribution >= 4 is 16.0 Å². The van der Waals surface area contributed by atoms with Crippen molar-refractivity contribution in [2.75, 3.05) is 5.75 Å². The molecule has 0 fully saturated rings. The molecule has 0 saturated heterocycles. The third kappa shape index (κ3) is 4.74. The molecule has 6 heteroatoms. The summed E-state index contributed by atoms with van der Waals surface area (Å²) in [4.78, 5) is 16.3. The lowest BCUT2D eigenvalue weighted by Crippen LogP contribution is -2.28. The van der Waals surface area contributed by atoms with Crippen LogP contribution in [0.15, 0.2) is 0 Å². The highest BCUT2D eigenvalue weighted by Gasteiger charge is 2.08. The van der Waals surface area contributed by atoms with Crippen molar-refractivity contribution in [3.8, 4) is 0 Å². The van der Waals surface area contributed by atoms with E-state index in [0.29, 0.717) is 0 Å². The van der Waals surface area contributed by atoms with E-state index in [1.807, 2.05) is 0 Å². The van der Waals surface area contributed by atoms with Crippen LogP contribution in [-0.2, 0) is 19.7 Å². The molecule has 0 aromatic rings. The van der Waals surface area contributed by atoms with Gasteiger partial charge in [-0.25, -0.2) is 8.42 Å². The SMILES string of the molecule is CCC(=O)ONS(=O)(=O)CC. The first kappa shape index (κ1) is 10.4. The van der Waals surface area contributed by atoms with Crippen LogP contribution in [-0.4, -0.2) is 20.1 Å². The van der Waals surface area contributed by atoms with Gasteiger partial charge in [-0.1, -0.05) is 6.92 Å². The highest BCUT2D eigenvalue weighted by Crippen LogP contribution is 1.85. The summed E-state index contributed by atoms with van der Waals surface area (Å²) in [6, 6.07) is 0. The van der Waals surface area contributed by atoms with E-state index in [9.17, 15) is 13.2 Å². The Morgan fingerprint density at radius 3 is 2.36 bits per heavy atom. The van der Waals surface area contributed by atoms with E-state index in [1.165, 1.54) is 6.92 Å². The molecule has 0 aliphatic carbocycles. The average Bonchev–Trinajstić information content (AvgIpc) is 2.00. The Balaban J connectivity index is 3.80. The highest BCUT2D eigenvalue weighted by atomic mass is 32.2. The van der Waals surface area contributed by atoms with Gasteiger partial charge in [0.1, 0.15) is 0 Å². The summed E-state index contributed by atoms with van der Waals surface area (Å²) >= 11 is 0.